The van der Waals surface area contributed by atoms with Gasteiger partial charge in [-0.2, -0.15) is 0 Å². The number of halogens is 2. The van der Waals surface area contributed by atoms with Crippen molar-refractivity contribution in [3.05, 3.63) is 47.1 Å². The van der Waals surface area contributed by atoms with Gasteiger partial charge in [-0.05, 0) is 47.2 Å². The van der Waals surface area contributed by atoms with E-state index >= 15 is 0 Å². The van der Waals surface area contributed by atoms with Crippen LogP contribution < -0.4 is 4.90 Å². The quantitative estimate of drug-likeness (QED) is 0.631. The third kappa shape index (κ3) is 2.78. The van der Waals surface area contributed by atoms with Crippen molar-refractivity contribution in [3.8, 4) is 5.69 Å². The lowest BCUT2D eigenvalue weighted by atomic mass is 10.2. The highest BCUT2D eigenvalue weighted by Gasteiger charge is 2.18. The van der Waals surface area contributed by atoms with Crippen molar-refractivity contribution in [2.24, 2.45) is 0 Å². The minimum absolute atomic E-state index is 0.214. The maximum atomic E-state index is 14.7. The molecular weight excluding hydrogens is 373 g/mol. The molecule has 0 aliphatic carbocycles. The molecule has 0 bridgehead atoms. The summed E-state index contributed by atoms with van der Waals surface area (Å²) in [5.41, 5.74) is 2.86. The Balaban J connectivity index is 1.69. The van der Waals surface area contributed by atoms with E-state index in [1.165, 1.54) is 0 Å². The van der Waals surface area contributed by atoms with Crippen LogP contribution in [0.5, 0.6) is 0 Å². The number of rotatable bonds is 2. The average Bonchev–Trinajstić information content (AvgIpc) is 2.99. The third-order valence-corrected chi connectivity index (χ3v) is 4.86. The van der Waals surface area contributed by atoms with Gasteiger partial charge in [-0.25, -0.2) is 14.4 Å². The highest BCUT2D eigenvalue weighted by atomic mass is 79.9. The topological polar surface area (TPSA) is 37.2 Å². The first-order valence-corrected chi connectivity index (χ1v) is 8.64. The zero-order chi connectivity index (χ0) is 16.7. The zero-order valence-corrected chi connectivity index (χ0v) is 14.9. The number of likely N-dealkylation sites (N-methyl/N-ethyl adjacent to an activating group) is 1. The zero-order valence-electron chi connectivity index (χ0n) is 13.3. The van der Waals surface area contributed by atoms with E-state index in [1.54, 1.807) is 17.0 Å². The summed E-state index contributed by atoms with van der Waals surface area (Å²) in [7, 11) is 2.09. The van der Waals surface area contributed by atoms with Crippen LogP contribution in [-0.2, 0) is 0 Å². The Kier molecular flexibility index (Phi) is 3.97. The van der Waals surface area contributed by atoms with E-state index in [9.17, 15) is 4.39 Å². The number of piperazine rings is 1. The molecule has 0 N–H and O–H groups in total. The smallest absolute Gasteiger partial charge is 0.165 e. The van der Waals surface area contributed by atoms with E-state index in [0.717, 1.165) is 42.0 Å². The van der Waals surface area contributed by atoms with Gasteiger partial charge in [0.25, 0.3) is 0 Å². The second kappa shape index (κ2) is 6.14. The molecule has 1 saturated heterocycles. The third-order valence-electron chi connectivity index (χ3n) is 4.41. The van der Waals surface area contributed by atoms with E-state index in [-0.39, 0.29) is 5.82 Å². The lowest BCUT2D eigenvalue weighted by molar-refractivity contribution is 0.311. The van der Waals surface area contributed by atoms with Crippen LogP contribution in [-0.4, -0.2) is 52.7 Å². The Morgan fingerprint density at radius 3 is 2.62 bits per heavy atom. The summed E-state index contributed by atoms with van der Waals surface area (Å²) >= 11 is 3.37. The summed E-state index contributed by atoms with van der Waals surface area (Å²) in [6.07, 6.45) is 1.68. The van der Waals surface area contributed by atoms with Gasteiger partial charge in [0.1, 0.15) is 22.3 Å². The predicted octanol–water partition coefficient (Wildman–Crippen LogP) is 3.07. The Labute approximate surface area is 147 Å². The fourth-order valence-corrected chi connectivity index (χ4v) is 3.31. The second-order valence-corrected chi connectivity index (χ2v) is 6.83. The summed E-state index contributed by atoms with van der Waals surface area (Å²) in [6, 6.07) is 9.05. The Hall–Kier alpha value is -1.99. The van der Waals surface area contributed by atoms with E-state index in [4.69, 9.17) is 0 Å². The Morgan fingerprint density at radius 1 is 1.08 bits per heavy atom. The van der Waals surface area contributed by atoms with Gasteiger partial charge in [0, 0.05) is 32.2 Å². The molecule has 4 rings (SSSR count). The normalized spacial score (nSPS) is 16.0. The lowest BCUT2D eigenvalue weighted by Gasteiger charge is -2.34. The van der Waals surface area contributed by atoms with Crippen LogP contribution in [0.1, 0.15) is 0 Å². The molecule has 124 valence electrons. The SMILES string of the molecule is CN1CCN(c2ccc(-n3cnc4ccc(Br)nc43)cc2F)CC1. The standard InChI is InChI=1S/C17H17BrFN5/c1-22-6-8-23(9-7-22)15-4-2-12(10-13(15)19)24-11-20-14-3-5-16(18)21-17(14)24/h2-5,10-11H,6-9H2,1H3. The molecule has 1 fully saturated rings. The lowest BCUT2D eigenvalue weighted by Crippen LogP contribution is -2.44. The van der Waals surface area contributed by atoms with Crippen LogP contribution in [0.4, 0.5) is 10.1 Å². The molecule has 0 radical (unpaired) electrons. The van der Waals surface area contributed by atoms with Gasteiger partial charge in [0.05, 0.1) is 11.4 Å². The number of imidazole rings is 1. The highest BCUT2D eigenvalue weighted by molar-refractivity contribution is 9.10. The van der Waals surface area contributed by atoms with Crippen LogP contribution in [0.15, 0.2) is 41.3 Å². The number of hydrogen-bond donors (Lipinski definition) is 0. The fourth-order valence-electron chi connectivity index (χ4n) is 3.01. The number of anilines is 1. The number of fused-ring (bicyclic) bond motifs is 1. The van der Waals surface area contributed by atoms with E-state index in [0.29, 0.717) is 11.3 Å². The number of pyridine rings is 1. The molecule has 1 aromatic carbocycles. The highest BCUT2D eigenvalue weighted by Crippen LogP contribution is 2.25. The molecule has 0 atom stereocenters. The first-order valence-electron chi connectivity index (χ1n) is 7.85. The molecule has 7 heteroatoms. The summed E-state index contributed by atoms with van der Waals surface area (Å²) in [5, 5.41) is 0. The summed E-state index contributed by atoms with van der Waals surface area (Å²) in [4.78, 5) is 13.1. The van der Waals surface area contributed by atoms with Gasteiger partial charge in [-0.1, -0.05) is 0 Å². The number of nitrogens with zero attached hydrogens (tertiary/aromatic N) is 5. The minimum atomic E-state index is -0.214. The van der Waals surface area contributed by atoms with Gasteiger partial charge < -0.3 is 9.80 Å². The van der Waals surface area contributed by atoms with Gasteiger partial charge in [0.2, 0.25) is 0 Å². The molecule has 24 heavy (non-hydrogen) atoms. The van der Waals surface area contributed by atoms with Crippen LogP contribution in [0.2, 0.25) is 0 Å². The minimum Gasteiger partial charge on any atom is -0.367 e. The monoisotopic (exact) mass is 389 g/mol. The van der Waals surface area contributed by atoms with E-state index in [1.807, 2.05) is 24.3 Å². The van der Waals surface area contributed by atoms with Crippen molar-refractivity contribution in [2.45, 2.75) is 0 Å². The Morgan fingerprint density at radius 2 is 1.88 bits per heavy atom. The maximum Gasteiger partial charge on any atom is 0.165 e. The fraction of sp³-hybridized carbons (Fsp3) is 0.294. The molecule has 5 nitrogen and oxygen atoms in total. The molecule has 1 aliphatic heterocycles. The molecule has 0 spiro atoms. The van der Waals surface area contributed by atoms with Gasteiger partial charge >= 0.3 is 0 Å². The first-order chi connectivity index (χ1) is 11.6. The molecule has 0 saturated carbocycles. The Bertz CT molecular complexity index is 886. The van der Waals surface area contributed by atoms with Crippen LogP contribution >= 0.6 is 15.9 Å². The van der Waals surface area contributed by atoms with Crippen molar-refractivity contribution in [3.63, 3.8) is 0 Å². The summed E-state index contributed by atoms with van der Waals surface area (Å²) in [5.74, 6) is -0.214. The molecule has 3 aromatic rings. The van der Waals surface area contributed by atoms with Crippen molar-refractivity contribution in [1.29, 1.82) is 0 Å². The number of aromatic nitrogens is 3. The number of hydrogen-bond acceptors (Lipinski definition) is 4. The molecule has 1 aliphatic rings. The average molecular weight is 390 g/mol. The molecular formula is C17H17BrFN5. The van der Waals surface area contributed by atoms with Crippen LogP contribution in [0.3, 0.4) is 0 Å². The van der Waals surface area contributed by atoms with Gasteiger partial charge in [-0.15, -0.1) is 0 Å². The summed E-state index contributed by atoms with van der Waals surface area (Å²) in [6.45, 7) is 3.58. The predicted molar refractivity (Wildman–Crippen MR) is 96.2 cm³/mol. The van der Waals surface area contributed by atoms with Crippen LogP contribution in [0.25, 0.3) is 16.9 Å². The van der Waals surface area contributed by atoms with Crippen molar-refractivity contribution in [1.82, 2.24) is 19.4 Å². The molecule has 0 unspecified atom stereocenters. The van der Waals surface area contributed by atoms with Crippen LogP contribution in [0, 0.1) is 5.82 Å². The van der Waals surface area contributed by atoms with Gasteiger partial charge in [0.15, 0.2) is 5.65 Å². The van der Waals surface area contributed by atoms with Crippen molar-refractivity contribution in [2.75, 3.05) is 38.1 Å². The maximum absolute atomic E-state index is 14.7. The van der Waals surface area contributed by atoms with Gasteiger partial charge in [-0.3, -0.25) is 4.57 Å². The van der Waals surface area contributed by atoms with E-state index in [2.05, 4.69) is 42.7 Å². The largest absolute Gasteiger partial charge is 0.367 e. The summed E-state index contributed by atoms with van der Waals surface area (Å²) < 4.78 is 17.2. The molecule has 0 amide bonds. The van der Waals surface area contributed by atoms with E-state index < -0.39 is 0 Å². The van der Waals surface area contributed by atoms with Crippen molar-refractivity contribution >= 4 is 32.8 Å². The molecule has 3 heterocycles. The second-order valence-electron chi connectivity index (χ2n) is 6.02. The molecule has 2 aromatic heterocycles. The number of benzene rings is 1. The van der Waals surface area contributed by atoms with Crippen molar-refractivity contribution < 1.29 is 4.39 Å². The first kappa shape index (κ1) is 15.5.